The molecule has 0 amide bonds. The summed E-state index contributed by atoms with van der Waals surface area (Å²) in [5.74, 6) is 0.304. The topological polar surface area (TPSA) is 65.9 Å². The highest BCUT2D eigenvalue weighted by Crippen LogP contribution is 2.25. The maximum absolute atomic E-state index is 13.0. The Labute approximate surface area is 168 Å². The highest BCUT2D eigenvalue weighted by atomic mass is 16.5. The first-order chi connectivity index (χ1) is 14.3. The molecule has 0 radical (unpaired) electrons. The molecule has 1 N–H and O–H groups in total. The summed E-state index contributed by atoms with van der Waals surface area (Å²) in [6.45, 7) is 0.407. The number of H-pyrrole nitrogens is 1. The molecule has 0 saturated carbocycles. The van der Waals surface area contributed by atoms with E-state index in [1.165, 1.54) is 0 Å². The van der Waals surface area contributed by atoms with Crippen molar-refractivity contribution in [2.45, 2.75) is 6.61 Å². The first kappa shape index (κ1) is 18.3. The van der Waals surface area contributed by atoms with Crippen molar-refractivity contribution in [3.8, 4) is 11.8 Å². The number of carbonyl (C=O) groups excluding carboxylic acids is 1. The van der Waals surface area contributed by atoms with Crippen LogP contribution in [0, 0.1) is 11.3 Å². The van der Waals surface area contributed by atoms with E-state index in [9.17, 15) is 10.1 Å². The average molecular weight is 378 g/mol. The van der Waals surface area contributed by atoms with Crippen molar-refractivity contribution in [3.05, 3.63) is 107 Å². The number of nitrogens with zero attached hydrogens (tertiary/aromatic N) is 1. The van der Waals surface area contributed by atoms with Gasteiger partial charge in [-0.25, -0.2) is 0 Å². The largest absolute Gasteiger partial charge is 0.488 e. The fourth-order valence-electron chi connectivity index (χ4n) is 3.18. The lowest BCUT2D eigenvalue weighted by Crippen LogP contribution is -2.02. The molecular formula is C25H18N2O2. The summed E-state index contributed by atoms with van der Waals surface area (Å²) in [4.78, 5) is 16.1. The van der Waals surface area contributed by atoms with Gasteiger partial charge in [-0.1, -0.05) is 66.7 Å². The van der Waals surface area contributed by atoms with Gasteiger partial charge in [0.1, 0.15) is 24.0 Å². The van der Waals surface area contributed by atoms with Crippen molar-refractivity contribution in [2.24, 2.45) is 0 Å². The van der Waals surface area contributed by atoms with Crippen molar-refractivity contribution >= 4 is 22.8 Å². The fourth-order valence-corrected chi connectivity index (χ4v) is 3.18. The number of aromatic nitrogens is 1. The van der Waals surface area contributed by atoms with Gasteiger partial charge in [0.25, 0.3) is 0 Å². The molecule has 0 atom stereocenters. The van der Waals surface area contributed by atoms with Crippen LogP contribution < -0.4 is 4.74 Å². The van der Waals surface area contributed by atoms with Gasteiger partial charge in [-0.15, -0.1) is 0 Å². The minimum Gasteiger partial charge on any atom is -0.488 e. The number of rotatable bonds is 6. The Morgan fingerprint density at radius 2 is 1.69 bits per heavy atom. The molecule has 1 aromatic heterocycles. The van der Waals surface area contributed by atoms with E-state index >= 15 is 0 Å². The van der Waals surface area contributed by atoms with E-state index in [-0.39, 0.29) is 11.4 Å². The van der Waals surface area contributed by atoms with E-state index < -0.39 is 0 Å². The smallest absolute Gasteiger partial charge is 0.205 e. The van der Waals surface area contributed by atoms with Gasteiger partial charge in [0, 0.05) is 28.2 Å². The Morgan fingerprint density at radius 1 is 0.966 bits per heavy atom. The number of fused-ring (bicyclic) bond motifs is 1. The number of allylic oxidation sites excluding steroid dienone is 1. The summed E-state index contributed by atoms with van der Waals surface area (Å²) < 4.78 is 5.94. The van der Waals surface area contributed by atoms with E-state index in [2.05, 4.69) is 4.98 Å². The fraction of sp³-hybridized carbons (Fsp3) is 0.0400. The molecule has 0 fully saturated rings. The van der Waals surface area contributed by atoms with Gasteiger partial charge in [-0.05, 0) is 23.8 Å². The summed E-state index contributed by atoms with van der Waals surface area (Å²) >= 11 is 0. The Morgan fingerprint density at radius 3 is 2.52 bits per heavy atom. The third-order valence-electron chi connectivity index (χ3n) is 4.65. The molecular weight excluding hydrogens is 360 g/mol. The van der Waals surface area contributed by atoms with Crippen molar-refractivity contribution in [1.29, 1.82) is 5.26 Å². The molecule has 0 aliphatic carbocycles. The lowest BCUT2D eigenvalue weighted by molar-refractivity contribution is 0.104. The van der Waals surface area contributed by atoms with Gasteiger partial charge in [0.2, 0.25) is 5.78 Å². The summed E-state index contributed by atoms with van der Waals surface area (Å²) in [5.41, 5.74) is 3.14. The third-order valence-corrected chi connectivity index (χ3v) is 4.65. The highest BCUT2D eigenvalue weighted by molar-refractivity contribution is 6.19. The van der Waals surface area contributed by atoms with Gasteiger partial charge in [-0.2, -0.15) is 5.26 Å². The number of hydrogen-bond donors (Lipinski definition) is 1. The van der Waals surface area contributed by atoms with Gasteiger partial charge in [0.05, 0.1) is 0 Å². The minimum absolute atomic E-state index is 0.0607. The number of nitriles is 1. The number of aromatic amines is 1. The van der Waals surface area contributed by atoms with Crippen LogP contribution in [-0.2, 0) is 6.61 Å². The van der Waals surface area contributed by atoms with Crippen LogP contribution in [0.15, 0.2) is 90.6 Å². The molecule has 4 aromatic rings. The molecule has 29 heavy (non-hydrogen) atoms. The molecule has 0 bridgehead atoms. The van der Waals surface area contributed by atoms with Gasteiger partial charge in [0.15, 0.2) is 0 Å². The molecule has 3 aromatic carbocycles. The maximum Gasteiger partial charge on any atom is 0.205 e. The van der Waals surface area contributed by atoms with E-state index in [1.807, 2.05) is 84.9 Å². The van der Waals surface area contributed by atoms with Crippen LogP contribution in [-0.4, -0.2) is 10.8 Å². The Hall–Kier alpha value is -4.10. The number of benzene rings is 3. The number of carbonyl (C=O) groups is 1. The molecule has 0 unspecified atom stereocenters. The van der Waals surface area contributed by atoms with E-state index in [0.29, 0.717) is 23.5 Å². The average Bonchev–Trinajstić information content (AvgIpc) is 3.21. The predicted octanol–water partition coefficient (Wildman–Crippen LogP) is 5.54. The Kier molecular flexibility index (Phi) is 5.22. The SMILES string of the molecule is N#C/C(=C\c1ccccc1OCc1ccccc1)C(=O)c1c[nH]c2ccccc12. The lowest BCUT2D eigenvalue weighted by Gasteiger charge is -2.09. The summed E-state index contributed by atoms with van der Waals surface area (Å²) in [5, 5.41) is 10.4. The van der Waals surface area contributed by atoms with Crippen LogP contribution in [0.5, 0.6) is 5.75 Å². The van der Waals surface area contributed by atoms with Crippen molar-refractivity contribution in [3.63, 3.8) is 0 Å². The first-order valence-electron chi connectivity index (χ1n) is 9.24. The zero-order valence-electron chi connectivity index (χ0n) is 15.6. The second-order valence-corrected chi connectivity index (χ2v) is 6.56. The summed E-state index contributed by atoms with van der Waals surface area (Å²) in [6, 6.07) is 26.8. The van der Waals surface area contributed by atoms with Crippen LogP contribution >= 0.6 is 0 Å². The first-order valence-corrected chi connectivity index (χ1v) is 9.24. The number of Topliss-reactive ketones (excluding diaryl/α,β-unsaturated/α-hetero) is 1. The van der Waals surface area contributed by atoms with Crippen LogP contribution in [0.3, 0.4) is 0 Å². The van der Waals surface area contributed by atoms with Crippen LogP contribution in [0.25, 0.3) is 17.0 Å². The van der Waals surface area contributed by atoms with Gasteiger partial charge >= 0.3 is 0 Å². The summed E-state index contributed by atoms with van der Waals surface area (Å²) in [7, 11) is 0. The normalized spacial score (nSPS) is 11.2. The second kappa shape index (κ2) is 8.28. The number of ketones is 1. The van der Waals surface area contributed by atoms with Gasteiger partial charge in [-0.3, -0.25) is 4.79 Å². The molecule has 1 heterocycles. The minimum atomic E-state index is -0.317. The number of para-hydroxylation sites is 2. The molecule has 4 rings (SSSR count). The monoisotopic (exact) mass is 378 g/mol. The summed E-state index contributed by atoms with van der Waals surface area (Å²) in [6.07, 6.45) is 3.24. The lowest BCUT2D eigenvalue weighted by atomic mass is 10.0. The van der Waals surface area contributed by atoms with Crippen molar-refractivity contribution in [2.75, 3.05) is 0 Å². The molecule has 0 aliphatic heterocycles. The molecule has 4 nitrogen and oxygen atoms in total. The Bertz CT molecular complexity index is 1230. The highest BCUT2D eigenvalue weighted by Gasteiger charge is 2.17. The molecule has 0 saturated heterocycles. The molecule has 140 valence electrons. The standard InChI is InChI=1S/C25H18N2O2/c26-15-20(25(28)22-16-27-23-12-6-5-11-21(22)23)14-19-10-4-7-13-24(19)29-17-18-8-2-1-3-9-18/h1-14,16,27H,17H2/b20-14+. The number of nitrogens with one attached hydrogen (secondary N) is 1. The zero-order chi connectivity index (χ0) is 20.1. The van der Waals surface area contributed by atoms with E-state index in [0.717, 1.165) is 16.5 Å². The van der Waals surface area contributed by atoms with Crippen molar-refractivity contribution in [1.82, 2.24) is 4.98 Å². The molecule has 4 heteroatoms. The molecule has 0 aliphatic rings. The zero-order valence-corrected chi connectivity index (χ0v) is 15.6. The van der Waals surface area contributed by atoms with Crippen LogP contribution in [0.2, 0.25) is 0 Å². The van der Waals surface area contributed by atoms with Gasteiger partial charge < -0.3 is 9.72 Å². The quantitative estimate of drug-likeness (QED) is 0.272. The van der Waals surface area contributed by atoms with Crippen molar-refractivity contribution < 1.29 is 9.53 Å². The predicted molar refractivity (Wildman–Crippen MR) is 113 cm³/mol. The molecule has 0 spiro atoms. The Balaban J connectivity index is 1.64. The number of ether oxygens (including phenoxy) is 1. The van der Waals surface area contributed by atoms with E-state index in [1.54, 1.807) is 12.3 Å². The third kappa shape index (κ3) is 3.95. The number of hydrogen-bond acceptors (Lipinski definition) is 3. The second-order valence-electron chi connectivity index (χ2n) is 6.56. The maximum atomic E-state index is 13.0. The van der Waals surface area contributed by atoms with E-state index in [4.69, 9.17) is 4.74 Å². The van der Waals surface area contributed by atoms with Crippen LogP contribution in [0.1, 0.15) is 21.5 Å². The van der Waals surface area contributed by atoms with Crippen LogP contribution in [0.4, 0.5) is 0 Å².